The molecule has 0 heterocycles. The zero-order chi connectivity index (χ0) is 17.2. The molecule has 128 valence electrons. The number of halogens is 3. The van der Waals surface area contributed by atoms with E-state index in [1.165, 1.54) is 17.0 Å². The number of carbonyl (C=O) groups excluding carboxylic acids is 1. The molecule has 8 heteroatoms. The molecule has 0 unspecified atom stereocenters. The third-order valence-corrected chi connectivity index (χ3v) is 3.66. The van der Waals surface area contributed by atoms with Crippen molar-refractivity contribution in [3.63, 3.8) is 0 Å². The molecular formula is C15H20F3N3O2. The van der Waals surface area contributed by atoms with Crippen LogP contribution in [0.25, 0.3) is 0 Å². The van der Waals surface area contributed by atoms with Crippen molar-refractivity contribution in [3.8, 4) is 0 Å². The summed E-state index contributed by atoms with van der Waals surface area (Å²) < 4.78 is 39.7. The van der Waals surface area contributed by atoms with E-state index in [1.807, 2.05) is 0 Å². The third-order valence-electron chi connectivity index (χ3n) is 3.66. The highest BCUT2D eigenvalue weighted by atomic mass is 19.4. The van der Waals surface area contributed by atoms with E-state index in [-0.39, 0.29) is 24.9 Å². The van der Waals surface area contributed by atoms with Crippen LogP contribution in [-0.2, 0) is 6.18 Å². The summed E-state index contributed by atoms with van der Waals surface area (Å²) in [6.07, 6.45) is -2.96. The lowest BCUT2D eigenvalue weighted by Gasteiger charge is -2.24. The Bertz CT molecular complexity index is 572. The fourth-order valence-corrected chi connectivity index (χ4v) is 2.28. The van der Waals surface area contributed by atoms with Gasteiger partial charge in [0, 0.05) is 32.4 Å². The van der Waals surface area contributed by atoms with E-state index >= 15 is 0 Å². The van der Waals surface area contributed by atoms with E-state index in [0.717, 1.165) is 18.9 Å². The van der Waals surface area contributed by atoms with Gasteiger partial charge in [0.2, 0.25) is 0 Å². The second kappa shape index (κ2) is 6.66. The van der Waals surface area contributed by atoms with Crippen LogP contribution in [0.15, 0.2) is 18.2 Å². The fraction of sp³-hybridized carbons (Fsp3) is 0.533. The van der Waals surface area contributed by atoms with Gasteiger partial charge < -0.3 is 20.2 Å². The Hall–Kier alpha value is -1.96. The monoisotopic (exact) mass is 331 g/mol. The van der Waals surface area contributed by atoms with Gasteiger partial charge in [0.1, 0.15) is 0 Å². The van der Waals surface area contributed by atoms with Crippen molar-refractivity contribution in [2.75, 3.05) is 37.5 Å². The van der Waals surface area contributed by atoms with Crippen molar-refractivity contribution in [1.29, 1.82) is 0 Å². The molecule has 0 saturated heterocycles. The highest BCUT2D eigenvalue weighted by Gasteiger charge is 2.36. The molecule has 2 amide bonds. The van der Waals surface area contributed by atoms with Gasteiger partial charge in [-0.3, -0.25) is 0 Å². The van der Waals surface area contributed by atoms with Gasteiger partial charge in [-0.05, 0) is 31.0 Å². The van der Waals surface area contributed by atoms with Crippen LogP contribution in [0.4, 0.5) is 29.3 Å². The number of urea groups is 1. The number of nitrogens with zero attached hydrogens (tertiary/aromatic N) is 2. The number of amides is 2. The molecule has 0 aromatic heterocycles. The Labute approximate surface area is 132 Å². The van der Waals surface area contributed by atoms with Crippen LogP contribution in [0, 0.1) is 0 Å². The maximum absolute atomic E-state index is 13.2. The molecule has 1 saturated carbocycles. The zero-order valence-electron chi connectivity index (χ0n) is 13.0. The SMILES string of the molecule is CN(C)c1ccc(NC(=O)N(CCO)C2CC2)c(C(F)(F)F)c1. The Kier molecular flexibility index (Phi) is 5.03. The Morgan fingerprint density at radius 2 is 2.00 bits per heavy atom. The molecule has 2 rings (SSSR count). The number of aliphatic hydroxyl groups excluding tert-OH is 1. The van der Waals surface area contributed by atoms with Crippen molar-refractivity contribution in [3.05, 3.63) is 23.8 Å². The van der Waals surface area contributed by atoms with Crippen molar-refractivity contribution in [2.24, 2.45) is 0 Å². The van der Waals surface area contributed by atoms with Crippen molar-refractivity contribution >= 4 is 17.4 Å². The van der Waals surface area contributed by atoms with Gasteiger partial charge in [-0.1, -0.05) is 0 Å². The summed E-state index contributed by atoms with van der Waals surface area (Å²) >= 11 is 0. The minimum absolute atomic E-state index is 0.00228. The first kappa shape index (κ1) is 17.4. The lowest BCUT2D eigenvalue weighted by molar-refractivity contribution is -0.136. The summed E-state index contributed by atoms with van der Waals surface area (Å²) in [5, 5.41) is 11.3. The number of alkyl halides is 3. The number of carbonyl (C=O) groups is 1. The highest BCUT2D eigenvalue weighted by Crippen LogP contribution is 2.37. The second-order valence-electron chi connectivity index (χ2n) is 5.70. The molecule has 5 nitrogen and oxygen atoms in total. The number of nitrogens with one attached hydrogen (secondary N) is 1. The largest absolute Gasteiger partial charge is 0.418 e. The van der Waals surface area contributed by atoms with E-state index in [2.05, 4.69) is 5.32 Å². The maximum atomic E-state index is 13.2. The summed E-state index contributed by atoms with van der Waals surface area (Å²) in [6.45, 7) is -0.122. The molecule has 1 aliphatic rings. The normalized spacial score (nSPS) is 14.5. The summed E-state index contributed by atoms with van der Waals surface area (Å²) in [5.74, 6) is 0. The summed E-state index contributed by atoms with van der Waals surface area (Å²) in [7, 11) is 3.29. The summed E-state index contributed by atoms with van der Waals surface area (Å²) in [4.78, 5) is 15.1. The van der Waals surface area contributed by atoms with E-state index in [4.69, 9.17) is 5.11 Å². The number of hydrogen-bond donors (Lipinski definition) is 2. The molecule has 23 heavy (non-hydrogen) atoms. The minimum atomic E-state index is -4.57. The summed E-state index contributed by atoms with van der Waals surface area (Å²) in [5.41, 5.74) is -0.779. The van der Waals surface area contributed by atoms with Gasteiger partial charge in [-0.25, -0.2) is 4.79 Å². The molecular weight excluding hydrogens is 311 g/mol. The summed E-state index contributed by atoms with van der Waals surface area (Å²) in [6, 6.07) is 3.14. The molecule has 0 bridgehead atoms. The molecule has 0 aliphatic heterocycles. The molecule has 2 N–H and O–H groups in total. The smallest absolute Gasteiger partial charge is 0.395 e. The van der Waals surface area contributed by atoms with Gasteiger partial charge in [-0.2, -0.15) is 13.2 Å². The highest BCUT2D eigenvalue weighted by molar-refractivity contribution is 5.91. The van der Waals surface area contributed by atoms with Crippen LogP contribution in [0.2, 0.25) is 0 Å². The van der Waals surface area contributed by atoms with Crippen LogP contribution < -0.4 is 10.2 Å². The predicted molar refractivity (Wildman–Crippen MR) is 81.6 cm³/mol. The first-order valence-electron chi connectivity index (χ1n) is 7.31. The molecule has 1 aromatic rings. The van der Waals surface area contributed by atoms with Gasteiger partial charge in [-0.15, -0.1) is 0 Å². The number of benzene rings is 1. The Morgan fingerprint density at radius 3 is 2.48 bits per heavy atom. The van der Waals surface area contributed by atoms with Crippen LogP contribution in [0.5, 0.6) is 0 Å². The average Bonchev–Trinajstić information content (AvgIpc) is 3.28. The number of aliphatic hydroxyl groups is 1. The second-order valence-corrected chi connectivity index (χ2v) is 5.70. The minimum Gasteiger partial charge on any atom is -0.395 e. The van der Waals surface area contributed by atoms with E-state index in [1.54, 1.807) is 19.0 Å². The number of anilines is 2. The fourth-order valence-electron chi connectivity index (χ4n) is 2.28. The quantitative estimate of drug-likeness (QED) is 0.872. The van der Waals surface area contributed by atoms with Gasteiger partial charge >= 0.3 is 12.2 Å². The Morgan fingerprint density at radius 1 is 1.35 bits per heavy atom. The number of hydrogen-bond acceptors (Lipinski definition) is 3. The van der Waals surface area contributed by atoms with Gasteiger partial charge in [0.25, 0.3) is 0 Å². The van der Waals surface area contributed by atoms with Crippen LogP contribution in [0.3, 0.4) is 0 Å². The lowest BCUT2D eigenvalue weighted by Crippen LogP contribution is -2.39. The maximum Gasteiger partial charge on any atom is 0.418 e. The third kappa shape index (κ3) is 4.28. The van der Waals surface area contributed by atoms with Crippen molar-refractivity contribution < 1.29 is 23.1 Å². The first-order valence-corrected chi connectivity index (χ1v) is 7.31. The first-order chi connectivity index (χ1) is 10.7. The van der Waals surface area contributed by atoms with Gasteiger partial charge in [0.15, 0.2) is 0 Å². The number of rotatable bonds is 5. The molecule has 0 atom stereocenters. The van der Waals surface area contributed by atoms with E-state index in [0.29, 0.717) is 5.69 Å². The lowest BCUT2D eigenvalue weighted by atomic mass is 10.1. The van der Waals surface area contributed by atoms with E-state index in [9.17, 15) is 18.0 Å². The van der Waals surface area contributed by atoms with Crippen molar-refractivity contribution in [1.82, 2.24) is 4.90 Å². The molecule has 0 radical (unpaired) electrons. The molecule has 1 fully saturated rings. The zero-order valence-corrected chi connectivity index (χ0v) is 13.0. The van der Waals surface area contributed by atoms with E-state index < -0.39 is 17.8 Å². The average molecular weight is 331 g/mol. The molecule has 1 aliphatic carbocycles. The van der Waals surface area contributed by atoms with Crippen LogP contribution in [-0.4, -0.2) is 49.3 Å². The van der Waals surface area contributed by atoms with Crippen LogP contribution >= 0.6 is 0 Å². The van der Waals surface area contributed by atoms with Crippen LogP contribution in [0.1, 0.15) is 18.4 Å². The van der Waals surface area contributed by atoms with Gasteiger partial charge in [0.05, 0.1) is 17.9 Å². The topological polar surface area (TPSA) is 55.8 Å². The standard InChI is InChI=1S/C15H20F3N3O2/c1-20(2)11-5-6-13(12(9-11)15(16,17)18)19-14(23)21(7-8-22)10-3-4-10/h5-6,9-10,22H,3-4,7-8H2,1-2H3,(H,19,23). The van der Waals surface area contributed by atoms with Crippen molar-refractivity contribution in [2.45, 2.75) is 25.1 Å². The molecule has 0 spiro atoms. The molecule has 1 aromatic carbocycles. The Balaban J connectivity index is 2.26. The predicted octanol–water partition coefficient (Wildman–Crippen LogP) is 2.76.